The van der Waals surface area contributed by atoms with E-state index in [1.807, 2.05) is 6.21 Å². The van der Waals surface area contributed by atoms with Crippen LogP contribution in [0.15, 0.2) is 39.4 Å². The fourth-order valence-corrected chi connectivity index (χ4v) is 4.45. The molecule has 0 radical (unpaired) electrons. The van der Waals surface area contributed by atoms with E-state index in [1.165, 1.54) is 28.3 Å². The summed E-state index contributed by atoms with van der Waals surface area (Å²) >= 11 is 0. The zero-order valence-electron chi connectivity index (χ0n) is 15.4. The number of nitrogens with zero attached hydrogens (tertiary/aromatic N) is 5. The Morgan fingerprint density at radius 2 is 1.93 bits per heavy atom. The fourth-order valence-electron chi connectivity index (χ4n) is 4.45. The van der Waals surface area contributed by atoms with Gasteiger partial charge in [0.2, 0.25) is 0 Å². The van der Waals surface area contributed by atoms with E-state index in [2.05, 4.69) is 15.0 Å². The minimum absolute atomic E-state index is 0.200. The maximum absolute atomic E-state index is 13.6. The average molecular weight is 385 g/mol. The Labute approximate surface area is 161 Å². The molecule has 0 unspecified atom stereocenters. The van der Waals surface area contributed by atoms with Crippen LogP contribution in [-0.4, -0.2) is 72.5 Å². The fraction of sp³-hybridized carbons (Fsp3) is 0.450. The highest BCUT2D eigenvalue weighted by Gasteiger charge is 2.39. The van der Waals surface area contributed by atoms with Gasteiger partial charge in [0.1, 0.15) is 11.6 Å². The number of halogens is 2. The number of benzene rings is 1. The molecule has 146 valence electrons. The van der Waals surface area contributed by atoms with E-state index in [-0.39, 0.29) is 6.03 Å². The van der Waals surface area contributed by atoms with Gasteiger partial charge in [-0.25, -0.2) is 18.6 Å². The summed E-state index contributed by atoms with van der Waals surface area (Å²) in [6.45, 7) is 5.09. The van der Waals surface area contributed by atoms with Crippen LogP contribution in [0.4, 0.5) is 13.6 Å². The van der Waals surface area contributed by atoms with Crippen LogP contribution < -0.4 is 0 Å². The summed E-state index contributed by atoms with van der Waals surface area (Å²) in [6.07, 6.45) is 4.06. The van der Waals surface area contributed by atoms with Gasteiger partial charge < -0.3 is 4.90 Å². The number of carbonyl (C=O) groups excluding carboxylic acids is 1. The van der Waals surface area contributed by atoms with Crippen molar-refractivity contribution in [2.24, 2.45) is 16.0 Å². The molecule has 0 saturated carbocycles. The first-order chi connectivity index (χ1) is 13.6. The quantitative estimate of drug-likeness (QED) is 0.803. The molecule has 6 nitrogen and oxygen atoms in total. The highest BCUT2D eigenvalue weighted by molar-refractivity contribution is 5.84. The van der Waals surface area contributed by atoms with Gasteiger partial charge in [-0.15, -0.1) is 0 Å². The van der Waals surface area contributed by atoms with Crippen LogP contribution in [0, 0.1) is 17.6 Å². The van der Waals surface area contributed by atoms with Crippen LogP contribution in [0.25, 0.3) is 0 Å². The molecule has 2 amide bonds. The van der Waals surface area contributed by atoms with Gasteiger partial charge in [-0.3, -0.25) is 9.89 Å². The maximum Gasteiger partial charge on any atom is 0.341 e. The van der Waals surface area contributed by atoms with E-state index in [9.17, 15) is 13.6 Å². The molecule has 1 aromatic carbocycles. The Balaban J connectivity index is 1.17. The lowest BCUT2D eigenvalue weighted by atomic mass is 9.99. The van der Waals surface area contributed by atoms with Gasteiger partial charge in [-0.2, -0.15) is 5.10 Å². The predicted molar refractivity (Wildman–Crippen MR) is 101 cm³/mol. The van der Waals surface area contributed by atoms with Crippen LogP contribution in [0.3, 0.4) is 0 Å². The monoisotopic (exact) mass is 385 g/mol. The Kier molecular flexibility index (Phi) is 4.23. The zero-order chi connectivity index (χ0) is 19.3. The van der Waals surface area contributed by atoms with Gasteiger partial charge in [0.25, 0.3) is 0 Å². The van der Waals surface area contributed by atoms with E-state index >= 15 is 0 Å². The molecule has 1 saturated heterocycles. The molecule has 0 bridgehead atoms. The minimum Gasteiger partial charge on any atom is -0.322 e. The van der Waals surface area contributed by atoms with E-state index < -0.39 is 17.7 Å². The number of rotatable bonds is 3. The van der Waals surface area contributed by atoms with Crippen molar-refractivity contribution >= 4 is 18.5 Å². The van der Waals surface area contributed by atoms with E-state index in [0.29, 0.717) is 31.0 Å². The van der Waals surface area contributed by atoms with Crippen molar-refractivity contribution in [2.45, 2.75) is 12.5 Å². The summed E-state index contributed by atoms with van der Waals surface area (Å²) in [5.41, 5.74) is 3.20. The van der Waals surface area contributed by atoms with Gasteiger partial charge in [0.15, 0.2) is 0 Å². The molecule has 0 aromatic heterocycles. The molecule has 4 aliphatic heterocycles. The maximum atomic E-state index is 13.6. The Morgan fingerprint density at radius 3 is 2.68 bits per heavy atom. The first-order valence-corrected chi connectivity index (χ1v) is 9.56. The third-order valence-corrected chi connectivity index (χ3v) is 5.83. The second kappa shape index (κ2) is 6.77. The lowest BCUT2D eigenvalue weighted by Gasteiger charge is -2.42. The predicted octanol–water partition coefficient (Wildman–Crippen LogP) is 2.45. The molecule has 4 aliphatic rings. The molecule has 1 aromatic rings. The van der Waals surface area contributed by atoms with Crippen molar-refractivity contribution in [1.82, 2.24) is 14.8 Å². The van der Waals surface area contributed by atoms with Gasteiger partial charge in [0.05, 0.1) is 12.6 Å². The van der Waals surface area contributed by atoms with E-state index in [1.54, 1.807) is 11.1 Å². The molecule has 5 rings (SSSR count). The second-order valence-corrected chi connectivity index (χ2v) is 7.92. The highest BCUT2D eigenvalue weighted by Crippen LogP contribution is 2.32. The summed E-state index contributed by atoms with van der Waals surface area (Å²) in [4.78, 5) is 21.3. The molecule has 4 heterocycles. The van der Waals surface area contributed by atoms with Crippen molar-refractivity contribution in [2.75, 3.05) is 39.3 Å². The largest absolute Gasteiger partial charge is 0.341 e. The Hall–Kier alpha value is -2.61. The van der Waals surface area contributed by atoms with E-state index in [4.69, 9.17) is 0 Å². The standard InChI is InChI=1S/C20H21F2N5O/c21-17-3-14(4-18(22)5-17)19-1-2-24-27(19)20(28)26-9-13(10-26)8-25-11-15-6-23-7-16(15)12-25/h2-6,13,19H,1,7-12H2/t19-/m0/s1. The van der Waals surface area contributed by atoms with Crippen molar-refractivity contribution in [3.63, 3.8) is 0 Å². The zero-order valence-corrected chi connectivity index (χ0v) is 15.4. The molecule has 1 atom stereocenters. The van der Waals surface area contributed by atoms with Crippen molar-refractivity contribution < 1.29 is 13.6 Å². The van der Waals surface area contributed by atoms with Gasteiger partial charge in [-0.1, -0.05) is 0 Å². The molecular formula is C20H21F2N5O. The van der Waals surface area contributed by atoms with Crippen molar-refractivity contribution in [3.8, 4) is 0 Å². The lowest BCUT2D eigenvalue weighted by Crippen LogP contribution is -2.56. The molecule has 1 fully saturated rings. The van der Waals surface area contributed by atoms with Crippen molar-refractivity contribution in [3.05, 3.63) is 46.5 Å². The van der Waals surface area contributed by atoms with Crippen LogP contribution in [0.5, 0.6) is 0 Å². The number of urea groups is 1. The summed E-state index contributed by atoms with van der Waals surface area (Å²) in [5.74, 6) is -0.846. The van der Waals surface area contributed by atoms with Gasteiger partial charge in [-0.05, 0) is 28.8 Å². The number of likely N-dealkylation sites (tertiary alicyclic amines) is 1. The molecule has 0 aliphatic carbocycles. The Bertz CT molecular complexity index is 886. The number of hydrogen-bond donors (Lipinski definition) is 0. The normalized spacial score (nSPS) is 24.4. The average Bonchev–Trinajstić information content (AvgIpc) is 3.31. The van der Waals surface area contributed by atoms with Gasteiger partial charge in [0, 0.05) is 63.6 Å². The summed E-state index contributed by atoms with van der Waals surface area (Å²) < 4.78 is 27.1. The summed E-state index contributed by atoms with van der Waals surface area (Å²) in [7, 11) is 0. The number of carbonyl (C=O) groups is 1. The first-order valence-electron chi connectivity index (χ1n) is 9.56. The van der Waals surface area contributed by atoms with E-state index in [0.717, 1.165) is 32.2 Å². The lowest BCUT2D eigenvalue weighted by molar-refractivity contribution is 0.0688. The number of hydrazone groups is 1. The number of amides is 2. The second-order valence-electron chi connectivity index (χ2n) is 7.92. The molecule has 0 N–H and O–H groups in total. The number of hydrogen-bond acceptors (Lipinski definition) is 4. The molecule has 8 heteroatoms. The molecule has 28 heavy (non-hydrogen) atoms. The summed E-state index contributed by atoms with van der Waals surface area (Å²) in [6, 6.07) is 2.71. The SMILES string of the molecule is O=C(N1CC(CN2CC3=C(CN=C3)C2)C1)N1N=CC[C@H]1c1cc(F)cc(F)c1. The highest BCUT2D eigenvalue weighted by atomic mass is 19.1. The first kappa shape index (κ1) is 17.5. The third-order valence-electron chi connectivity index (χ3n) is 5.83. The third kappa shape index (κ3) is 3.11. The van der Waals surface area contributed by atoms with Crippen LogP contribution >= 0.6 is 0 Å². The molecular weight excluding hydrogens is 364 g/mol. The number of aliphatic imine (C=N–C) groups is 1. The topological polar surface area (TPSA) is 51.5 Å². The Morgan fingerprint density at radius 1 is 1.14 bits per heavy atom. The van der Waals surface area contributed by atoms with Crippen LogP contribution in [0.2, 0.25) is 0 Å². The molecule has 0 spiro atoms. The summed E-state index contributed by atoms with van der Waals surface area (Å²) in [5, 5.41) is 5.52. The van der Waals surface area contributed by atoms with Crippen LogP contribution in [0.1, 0.15) is 18.0 Å². The minimum atomic E-state index is -0.644. The smallest absolute Gasteiger partial charge is 0.322 e. The van der Waals surface area contributed by atoms with Crippen LogP contribution in [-0.2, 0) is 0 Å². The van der Waals surface area contributed by atoms with Gasteiger partial charge >= 0.3 is 6.03 Å². The van der Waals surface area contributed by atoms with Crippen molar-refractivity contribution in [1.29, 1.82) is 0 Å².